The first-order chi connectivity index (χ1) is 5.74. The Bertz CT molecular complexity index is 299. The second-order valence-corrected chi connectivity index (χ2v) is 3.21. The molecule has 2 nitrogen and oxygen atoms in total. The molecule has 1 rings (SSSR count). The Morgan fingerprint density at radius 1 is 1.67 bits per heavy atom. The van der Waals surface area contributed by atoms with Gasteiger partial charge in [-0.2, -0.15) is 0 Å². The number of allylic oxidation sites excluding steroid dienone is 1. The number of pyridine rings is 1. The summed E-state index contributed by atoms with van der Waals surface area (Å²) in [5.41, 5.74) is 7.02. The zero-order valence-electron chi connectivity index (χ0n) is 6.30. The first-order valence-corrected chi connectivity index (χ1v) is 4.87. The smallest absolute Gasteiger partial charge is 0.151 e. The molecule has 1 aromatic rings. The molecule has 0 radical (unpaired) electrons. The van der Waals surface area contributed by atoms with Crippen molar-refractivity contribution in [3.63, 3.8) is 0 Å². The summed E-state index contributed by atoms with van der Waals surface area (Å²) < 4.78 is 0. The number of alkyl halides is 1. The Kier molecular flexibility index (Phi) is 3.56. The molecule has 64 valence electrons. The fourth-order valence-electron chi connectivity index (χ4n) is 0.754. The van der Waals surface area contributed by atoms with Crippen molar-refractivity contribution in [2.75, 3.05) is 11.1 Å². The van der Waals surface area contributed by atoms with Gasteiger partial charge in [0.1, 0.15) is 0 Å². The van der Waals surface area contributed by atoms with E-state index in [1.54, 1.807) is 12.3 Å². The fourth-order valence-corrected chi connectivity index (χ4v) is 1.04. The summed E-state index contributed by atoms with van der Waals surface area (Å²) in [4.78, 5) is 3.91. The van der Waals surface area contributed by atoms with E-state index in [-0.39, 0.29) is 0 Å². The minimum absolute atomic E-state index is 0.353. The van der Waals surface area contributed by atoms with Crippen molar-refractivity contribution in [2.45, 2.75) is 0 Å². The van der Waals surface area contributed by atoms with E-state index < -0.39 is 0 Å². The van der Waals surface area contributed by atoms with Crippen LogP contribution < -0.4 is 5.73 Å². The zero-order valence-corrected chi connectivity index (χ0v) is 8.64. The van der Waals surface area contributed by atoms with Crippen molar-refractivity contribution >= 4 is 39.3 Å². The van der Waals surface area contributed by atoms with Gasteiger partial charge in [-0.25, -0.2) is 4.98 Å². The molecule has 1 heterocycles. The number of anilines is 1. The lowest BCUT2D eigenvalue weighted by atomic mass is 10.2. The van der Waals surface area contributed by atoms with Crippen molar-refractivity contribution in [1.29, 1.82) is 0 Å². The number of aromatic nitrogens is 1. The van der Waals surface area contributed by atoms with Crippen molar-refractivity contribution in [2.24, 2.45) is 0 Å². The minimum atomic E-state index is 0.353. The van der Waals surface area contributed by atoms with Crippen LogP contribution in [0.2, 0.25) is 5.15 Å². The van der Waals surface area contributed by atoms with Crippen LogP contribution in [-0.2, 0) is 0 Å². The number of hydrogen-bond acceptors (Lipinski definition) is 2. The van der Waals surface area contributed by atoms with E-state index in [0.717, 1.165) is 10.9 Å². The molecular weight excluding hydrogens is 239 g/mol. The van der Waals surface area contributed by atoms with Crippen LogP contribution in [0.4, 0.5) is 5.69 Å². The van der Waals surface area contributed by atoms with Crippen LogP contribution in [0, 0.1) is 0 Å². The number of nitrogens with two attached hydrogens (primary N) is 1. The van der Waals surface area contributed by atoms with Gasteiger partial charge >= 0.3 is 0 Å². The third-order valence-electron chi connectivity index (χ3n) is 1.29. The van der Waals surface area contributed by atoms with Crippen LogP contribution in [0.1, 0.15) is 5.56 Å². The average molecular weight is 248 g/mol. The summed E-state index contributed by atoms with van der Waals surface area (Å²) in [5, 5.41) is 1.17. The van der Waals surface area contributed by atoms with Crippen molar-refractivity contribution in [3.8, 4) is 0 Å². The Morgan fingerprint density at radius 3 is 3.00 bits per heavy atom. The number of nitrogen functional groups attached to an aromatic ring is 1. The van der Waals surface area contributed by atoms with E-state index >= 15 is 0 Å². The maximum absolute atomic E-state index is 5.65. The molecule has 0 spiro atoms. The highest BCUT2D eigenvalue weighted by Crippen LogP contribution is 2.16. The SMILES string of the molecule is Nc1cc(C=CCBr)cnc1Cl. The highest BCUT2D eigenvalue weighted by Gasteiger charge is 1.95. The maximum Gasteiger partial charge on any atom is 0.151 e. The summed E-state index contributed by atoms with van der Waals surface area (Å²) in [5.74, 6) is 0. The molecule has 0 aliphatic heterocycles. The molecule has 0 unspecified atom stereocenters. The molecule has 2 N–H and O–H groups in total. The van der Waals surface area contributed by atoms with Gasteiger partial charge in [-0.3, -0.25) is 0 Å². The third kappa shape index (κ3) is 2.50. The van der Waals surface area contributed by atoms with Crippen LogP contribution in [0.5, 0.6) is 0 Å². The first kappa shape index (κ1) is 9.55. The molecule has 0 amide bonds. The number of halogens is 2. The molecule has 0 atom stereocenters. The largest absolute Gasteiger partial charge is 0.396 e. The average Bonchev–Trinajstić information content (AvgIpc) is 2.07. The normalized spacial score (nSPS) is 10.8. The molecular formula is C8H8BrClN2. The van der Waals surface area contributed by atoms with Gasteiger partial charge in [0.05, 0.1) is 5.69 Å². The minimum Gasteiger partial charge on any atom is -0.396 e. The van der Waals surface area contributed by atoms with Crippen LogP contribution in [-0.4, -0.2) is 10.3 Å². The van der Waals surface area contributed by atoms with Gasteiger partial charge in [-0.05, 0) is 11.6 Å². The topological polar surface area (TPSA) is 38.9 Å². The number of nitrogens with zero attached hydrogens (tertiary/aromatic N) is 1. The molecule has 0 fully saturated rings. The van der Waals surface area contributed by atoms with Crippen LogP contribution >= 0.6 is 27.5 Å². The molecule has 0 aliphatic rings. The molecule has 0 aliphatic carbocycles. The number of rotatable bonds is 2. The van der Waals surface area contributed by atoms with E-state index in [2.05, 4.69) is 20.9 Å². The molecule has 0 aromatic carbocycles. The van der Waals surface area contributed by atoms with Gasteiger partial charge in [0.15, 0.2) is 5.15 Å². The van der Waals surface area contributed by atoms with E-state index in [9.17, 15) is 0 Å². The second kappa shape index (κ2) is 4.48. The Balaban J connectivity index is 2.89. The second-order valence-electron chi connectivity index (χ2n) is 2.21. The maximum atomic E-state index is 5.65. The van der Waals surface area contributed by atoms with Crippen molar-refractivity contribution < 1.29 is 0 Å². The van der Waals surface area contributed by atoms with Crippen molar-refractivity contribution in [3.05, 3.63) is 29.1 Å². The molecule has 1 aromatic heterocycles. The number of hydrogen-bond donors (Lipinski definition) is 1. The van der Waals surface area contributed by atoms with Crippen molar-refractivity contribution in [1.82, 2.24) is 4.98 Å². The Morgan fingerprint density at radius 2 is 2.42 bits per heavy atom. The molecule has 0 bridgehead atoms. The standard InChI is InChI=1S/C8H8BrClN2/c9-3-1-2-6-4-7(11)8(10)12-5-6/h1-2,4-5H,3,11H2. The van der Waals surface area contributed by atoms with Gasteiger partial charge in [0.2, 0.25) is 0 Å². The van der Waals surface area contributed by atoms with E-state index in [4.69, 9.17) is 17.3 Å². The molecule has 0 saturated heterocycles. The first-order valence-electron chi connectivity index (χ1n) is 3.37. The summed E-state index contributed by atoms with van der Waals surface area (Å²) in [6.45, 7) is 0. The quantitative estimate of drug-likeness (QED) is 0.645. The molecule has 12 heavy (non-hydrogen) atoms. The van der Waals surface area contributed by atoms with Crippen LogP contribution in [0.15, 0.2) is 18.3 Å². The van der Waals surface area contributed by atoms with Gasteiger partial charge in [-0.15, -0.1) is 0 Å². The summed E-state index contributed by atoms with van der Waals surface area (Å²) in [6.07, 6.45) is 5.57. The summed E-state index contributed by atoms with van der Waals surface area (Å²) >= 11 is 8.92. The summed E-state index contributed by atoms with van der Waals surface area (Å²) in [7, 11) is 0. The lowest BCUT2D eigenvalue weighted by molar-refractivity contribution is 1.32. The highest BCUT2D eigenvalue weighted by molar-refractivity contribution is 9.09. The highest BCUT2D eigenvalue weighted by atomic mass is 79.9. The fraction of sp³-hybridized carbons (Fsp3) is 0.125. The molecule has 4 heteroatoms. The molecule has 0 saturated carbocycles. The zero-order chi connectivity index (χ0) is 8.97. The van der Waals surface area contributed by atoms with Gasteiger partial charge in [0.25, 0.3) is 0 Å². The monoisotopic (exact) mass is 246 g/mol. The Labute approximate surface area is 84.6 Å². The lowest BCUT2D eigenvalue weighted by Gasteiger charge is -1.97. The predicted octanol–water partition coefficient (Wildman–Crippen LogP) is 2.73. The Hall–Kier alpha value is -0.540. The van der Waals surface area contributed by atoms with Crippen LogP contribution in [0.25, 0.3) is 6.08 Å². The van der Waals surface area contributed by atoms with Crippen LogP contribution in [0.3, 0.4) is 0 Å². The van der Waals surface area contributed by atoms with Gasteiger partial charge in [-0.1, -0.05) is 39.7 Å². The van der Waals surface area contributed by atoms with Gasteiger partial charge < -0.3 is 5.73 Å². The van der Waals surface area contributed by atoms with E-state index in [1.807, 2.05) is 12.2 Å². The lowest BCUT2D eigenvalue weighted by Crippen LogP contribution is -1.89. The van der Waals surface area contributed by atoms with Gasteiger partial charge in [0, 0.05) is 11.5 Å². The summed E-state index contributed by atoms with van der Waals surface area (Å²) in [6, 6.07) is 1.79. The third-order valence-corrected chi connectivity index (χ3v) is 1.98. The van der Waals surface area contributed by atoms with E-state index in [1.165, 1.54) is 0 Å². The van der Waals surface area contributed by atoms with E-state index in [0.29, 0.717) is 10.8 Å². The predicted molar refractivity (Wildman–Crippen MR) is 56.5 cm³/mol.